The Morgan fingerprint density at radius 2 is 1.84 bits per heavy atom. The number of hydrogen-bond acceptors (Lipinski definition) is 4. The van der Waals surface area contributed by atoms with Crippen LogP contribution in [0.1, 0.15) is 68.2 Å². The number of likely N-dealkylation sites (N-methyl/N-ethyl adjacent to an activating group) is 1. The average molecular weight is 556 g/mol. The van der Waals surface area contributed by atoms with Crippen molar-refractivity contribution in [3.05, 3.63) is 58.3 Å². The van der Waals surface area contributed by atoms with Crippen LogP contribution in [-0.2, 0) is 4.74 Å². The van der Waals surface area contributed by atoms with E-state index < -0.39 is 11.7 Å². The number of ether oxygens (including phenoxy) is 1. The molecule has 0 aromatic carbocycles. The zero-order valence-electron chi connectivity index (χ0n) is 23.8. The second kappa shape index (κ2) is 17.9. The molecule has 0 aliphatic heterocycles. The Labute approximate surface area is 233 Å². The first-order chi connectivity index (χ1) is 17.2. The molecule has 0 spiro atoms. The fourth-order valence-corrected chi connectivity index (χ4v) is 3.11. The van der Waals surface area contributed by atoms with Gasteiger partial charge in [0.15, 0.2) is 0 Å². The van der Waals surface area contributed by atoms with Crippen LogP contribution in [0.25, 0.3) is 0 Å². The molecule has 3 amide bonds. The van der Waals surface area contributed by atoms with E-state index in [4.69, 9.17) is 27.9 Å². The average Bonchev–Trinajstić information content (AvgIpc) is 2.78. The lowest BCUT2D eigenvalue weighted by Gasteiger charge is -2.25. The molecule has 1 unspecified atom stereocenters. The van der Waals surface area contributed by atoms with Gasteiger partial charge in [0.05, 0.1) is 6.21 Å². The topological polar surface area (TPSA) is 74.2 Å². The van der Waals surface area contributed by atoms with Crippen molar-refractivity contribution in [2.24, 2.45) is 5.10 Å². The summed E-state index contributed by atoms with van der Waals surface area (Å²) in [5, 5.41) is 9.01. The maximum atomic E-state index is 13.4. The molecule has 0 aliphatic carbocycles. The Morgan fingerprint density at radius 1 is 1.19 bits per heavy atom. The molecule has 37 heavy (non-hydrogen) atoms. The van der Waals surface area contributed by atoms with E-state index in [0.29, 0.717) is 30.1 Å². The minimum absolute atomic E-state index is 0.171. The second-order valence-corrected chi connectivity index (χ2v) is 10.7. The Balaban J connectivity index is 5.72. The molecule has 0 saturated heterocycles. The SMILES string of the molecule is C/C=C(\C=C/C(C)Cl)N(C)C(=O)N(CCCNC(=O)OC(C)(C)C)/N=C/C(=C/C=C(/Cl)C=C(C)C)CC. The normalized spacial score (nSPS) is 14.1. The van der Waals surface area contributed by atoms with Crippen LogP contribution < -0.4 is 5.32 Å². The summed E-state index contributed by atoms with van der Waals surface area (Å²) < 4.78 is 5.26. The maximum absolute atomic E-state index is 13.4. The third kappa shape index (κ3) is 16.8. The Bertz CT molecular complexity index is 922. The summed E-state index contributed by atoms with van der Waals surface area (Å²) in [6.45, 7) is 15.7. The number of rotatable bonds is 12. The Kier molecular flexibility index (Phi) is 16.6. The molecule has 0 bridgehead atoms. The van der Waals surface area contributed by atoms with E-state index in [1.165, 1.54) is 9.91 Å². The number of carbonyl (C=O) groups is 2. The molecular formula is C28H44Cl2N4O3. The molecule has 7 nitrogen and oxygen atoms in total. The summed E-state index contributed by atoms with van der Waals surface area (Å²) >= 11 is 12.3. The van der Waals surface area contributed by atoms with Gasteiger partial charge in [-0.3, -0.25) is 4.90 Å². The molecule has 0 aliphatic rings. The predicted octanol–water partition coefficient (Wildman–Crippen LogP) is 7.75. The molecule has 0 radical (unpaired) electrons. The largest absolute Gasteiger partial charge is 0.444 e. The van der Waals surface area contributed by atoms with E-state index in [9.17, 15) is 9.59 Å². The molecule has 0 rings (SSSR count). The zero-order valence-corrected chi connectivity index (χ0v) is 25.3. The summed E-state index contributed by atoms with van der Waals surface area (Å²) in [4.78, 5) is 26.8. The molecular weight excluding hydrogens is 511 g/mol. The fraction of sp³-hybridized carbons (Fsp3) is 0.536. The molecule has 1 atom stereocenters. The van der Waals surface area contributed by atoms with Crippen LogP contribution >= 0.6 is 23.2 Å². The highest BCUT2D eigenvalue weighted by molar-refractivity contribution is 6.31. The first-order valence-corrected chi connectivity index (χ1v) is 13.3. The van der Waals surface area contributed by atoms with Gasteiger partial charge in [0.2, 0.25) is 0 Å². The van der Waals surface area contributed by atoms with Gasteiger partial charge in [0.25, 0.3) is 0 Å². The molecule has 208 valence electrons. The van der Waals surface area contributed by atoms with E-state index in [0.717, 1.165) is 11.1 Å². The Morgan fingerprint density at radius 3 is 2.35 bits per heavy atom. The second-order valence-electron chi connectivity index (χ2n) is 9.61. The first kappa shape index (κ1) is 34.5. The summed E-state index contributed by atoms with van der Waals surface area (Å²) in [6.07, 6.45) is 13.3. The van der Waals surface area contributed by atoms with Gasteiger partial charge in [-0.25, -0.2) is 14.6 Å². The lowest BCUT2D eigenvalue weighted by Crippen LogP contribution is -2.39. The molecule has 1 N–H and O–H groups in total. The van der Waals surface area contributed by atoms with Crippen molar-refractivity contribution in [3.8, 4) is 0 Å². The Hall–Kier alpha value is -2.51. The van der Waals surface area contributed by atoms with Gasteiger partial charge in [0.1, 0.15) is 5.60 Å². The first-order valence-electron chi connectivity index (χ1n) is 12.5. The number of urea groups is 1. The number of nitrogens with one attached hydrogen (secondary N) is 1. The summed E-state index contributed by atoms with van der Waals surface area (Å²) in [7, 11) is 1.68. The highest BCUT2D eigenvalue weighted by Gasteiger charge is 2.20. The van der Waals surface area contributed by atoms with Crippen LogP contribution in [-0.4, -0.2) is 59.4 Å². The van der Waals surface area contributed by atoms with Gasteiger partial charge in [0, 0.05) is 36.2 Å². The standard InChI is InChI=1S/C28H44Cl2N4O3/c1-10-23(14-15-24(30)19-21(3)4)20-32-34(18-12-17-31-26(35)37-28(6,7)8)27(36)33(9)25(11-2)16-13-22(5)29/h11,13-16,19-20,22H,10,12,17-18H2,1-9H3,(H,31,35)/b16-13-,23-14+,24-15+,25-11+,32-20+. The van der Waals surface area contributed by atoms with Crippen LogP contribution in [0.15, 0.2) is 63.4 Å². The molecule has 0 aromatic rings. The molecule has 0 heterocycles. The van der Waals surface area contributed by atoms with Crippen LogP contribution in [0.3, 0.4) is 0 Å². The fourth-order valence-electron chi connectivity index (χ4n) is 2.76. The number of amides is 3. The number of allylic oxidation sites excluding steroid dienone is 9. The van der Waals surface area contributed by atoms with Crippen LogP contribution in [0.5, 0.6) is 0 Å². The van der Waals surface area contributed by atoms with E-state index in [-0.39, 0.29) is 18.0 Å². The molecule has 0 saturated carbocycles. The number of alkyl halides is 1. The third-order valence-electron chi connectivity index (χ3n) is 4.59. The van der Waals surface area contributed by atoms with Gasteiger partial charge in [-0.2, -0.15) is 5.10 Å². The summed E-state index contributed by atoms with van der Waals surface area (Å²) in [5.74, 6) is 0. The van der Waals surface area contributed by atoms with Crippen molar-refractivity contribution < 1.29 is 14.3 Å². The van der Waals surface area contributed by atoms with Crippen LogP contribution in [0, 0.1) is 0 Å². The van der Waals surface area contributed by atoms with Gasteiger partial charge in [-0.15, -0.1) is 11.6 Å². The molecule has 0 fully saturated rings. The number of hydrazone groups is 1. The van der Waals surface area contributed by atoms with E-state index in [1.54, 1.807) is 52.3 Å². The van der Waals surface area contributed by atoms with Crippen molar-refractivity contribution in [2.75, 3.05) is 20.1 Å². The molecule has 0 aromatic heterocycles. The van der Waals surface area contributed by atoms with Crippen LogP contribution in [0.4, 0.5) is 9.59 Å². The van der Waals surface area contributed by atoms with Crippen molar-refractivity contribution in [3.63, 3.8) is 0 Å². The van der Waals surface area contributed by atoms with Crippen LogP contribution in [0.2, 0.25) is 0 Å². The number of hydrogen-bond donors (Lipinski definition) is 1. The zero-order chi connectivity index (χ0) is 28.6. The van der Waals surface area contributed by atoms with E-state index in [1.807, 2.05) is 52.8 Å². The van der Waals surface area contributed by atoms with E-state index >= 15 is 0 Å². The highest BCUT2D eigenvalue weighted by atomic mass is 35.5. The minimum Gasteiger partial charge on any atom is -0.444 e. The number of nitrogens with zero attached hydrogens (tertiary/aromatic N) is 3. The quantitative estimate of drug-likeness (QED) is 0.0880. The van der Waals surface area contributed by atoms with Gasteiger partial charge in [-0.05, 0) is 85.1 Å². The third-order valence-corrected chi connectivity index (χ3v) is 4.97. The number of halogens is 2. The van der Waals surface area contributed by atoms with Crippen molar-refractivity contribution in [1.29, 1.82) is 0 Å². The number of carbonyl (C=O) groups excluding carboxylic acids is 2. The highest BCUT2D eigenvalue weighted by Crippen LogP contribution is 2.12. The van der Waals surface area contributed by atoms with Gasteiger partial charge >= 0.3 is 12.1 Å². The van der Waals surface area contributed by atoms with Crippen molar-refractivity contribution in [2.45, 2.75) is 79.2 Å². The lowest BCUT2D eigenvalue weighted by atomic mass is 10.2. The minimum atomic E-state index is -0.581. The van der Waals surface area contributed by atoms with Gasteiger partial charge < -0.3 is 10.1 Å². The lowest BCUT2D eigenvalue weighted by molar-refractivity contribution is 0.0526. The summed E-state index contributed by atoms with van der Waals surface area (Å²) in [5.41, 5.74) is 2.10. The maximum Gasteiger partial charge on any atom is 0.407 e. The smallest absolute Gasteiger partial charge is 0.407 e. The predicted molar refractivity (Wildman–Crippen MR) is 157 cm³/mol. The van der Waals surface area contributed by atoms with Gasteiger partial charge in [-0.1, -0.05) is 42.3 Å². The van der Waals surface area contributed by atoms with Crippen molar-refractivity contribution in [1.82, 2.24) is 15.2 Å². The number of alkyl carbamates (subject to hydrolysis) is 1. The van der Waals surface area contributed by atoms with E-state index in [2.05, 4.69) is 10.4 Å². The van der Waals surface area contributed by atoms with Crippen molar-refractivity contribution >= 4 is 41.5 Å². The molecule has 9 heteroatoms. The monoisotopic (exact) mass is 554 g/mol. The summed E-state index contributed by atoms with van der Waals surface area (Å²) in [6, 6.07) is -0.318.